The van der Waals surface area contributed by atoms with Gasteiger partial charge in [-0.25, -0.2) is 0 Å². The van der Waals surface area contributed by atoms with Crippen molar-refractivity contribution >= 4 is 16.7 Å². The van der Waals surface area contributed by atoms with Crippen LogP contribution in [-0.2, 0) is 6.54 Å². The first-order valence-corrected chi connectivity index (χ1v) is 6.36. The van der Waals surface area contributed by atoms with Crippen LogP contribution in [0.5, 0.6) is 5.75 Å². The Morgan fingerprint density at radius 2 is 1.90 bits per heavy atom. The molecule has 100 valence electrons. The Morgan fingerprint density at radius 1 is 1.15 bits per heavy atom. The van der Waals surface area contributed by atoms with Crippen LogP contribution >= 0.6 is 0 Å². The summed E-state index contributed by atoms with van der Waals surface area (Å²) in [4.78, 5) is 12.3. The molecule has 0 atom stereocenters. The summed E-state index contributed by atoms with van der Waals surface area (Å²) in [6.07, 6.45) is 1.77. The minimum atomic E-state index is 0.0292. The number of nitrogens with zero attached hydrogens (tertiary/aromatic N) is 2. The number of para-hydroxylation sites is 1. The first-order chi connectivity index (χ1) is 9.78. The van der Waals surface area contributed by atoms with Crippen LogP contribution in [0.25, 0.3) is 10.9 Å². The molecule has 3 aromatic rings. The fourth-order valence-electron chi connectivity index (χ4n) is 2.16. The highest BCUT2D eigenvalue weighted by Gasteiger charge is 2.09. The molecule has 0 N–H and O–H groups in total. The number of ketones is 1. The highest BCUT2D eigenvalue weighted by Crippen LogP contribution is 2.15. The molecule has 0 saturated carbocycles. The van der Waals surface area contributed by atoms with Crippen molar-refractivity contribution < 1.29 is 9.53 Å². The molecule has 0 spiro atoms. The summed E-state index contributed by atoms with van der Waals surface area (Å²) < 4.78 is 6.81. The molecule has 0 amide bonds. The van der Waals surface area contributed by atoms with Gasteiger partial charge in [0.15, 0.2) is 5.78 Å². The molecule has 3 rings (SSSR count). The van der Waals surface area contributed by atoms with Crippen molar-refractivity contribution in [3.8, 4) is 5.75 Å². The van der Waals surface area contributed by atoms with E-state index in [1.165, 1.54) is 0 Å². The number of Topliss-reactive ketones (excluding diaryl/α,β-unsaturated/α-hetero) is 1. The molecule has 1 aromatic heterocycles. The second-order valence-electron chi connectivity index (χ2n) is 4.51. The first-order valence-electron chi connectivity index (χ1n) is 6.36. The van der Waals surface area contributed by atoms with Crippen molar-refractivity contribution in [2.75, 3.05) is 7.11 Å². The lowest BCUT2D eigenvalue weighted by atomic mass is 10.1. The monoisotopic (exact) mass is 266 g/mol. The predicted octanol–water partition coefficient (Wildman–Crippen LogP) is 2.93. The van der Waals surface area contributed by atoms with E-state index < -0.39 is 0 Å². The number of methoxy groups -OCH3 is 1. The maximum Gasteiger partial charge on any atom is 0.184 e. The summed E-state index contributed by atoms with van der Waals surface area (Å²) in [5, 5.41) is 5.30. The Balaban J connectivity index is 1.84. The lowest BCUT2D eigenvalue weighted by Crippen LogP contribution is -2.11. The van der Waals surface area contributed by atoms with E-state index in [2.05, 4.69) is 5.10 Å². The zero-order valence-corrected chi connectivity index (χ0v) is 11.1. The Hall–Kier alpha value is -2.62. The van der Waals surface area contributed by atoms with Crippen LogP contribution in [0.4, 0.5) is 0 Å². The number of benzene rings is 2. The van der Waals surface area contributed by atoms with E-state index in [-0.39, 0.29) is 12.3 Å². The minimum Gasteiger partial charge on any atom is -0.497 e. The SMILES string of the molecule is COc1ccc(C(=O)Cn2ncc3ccccc32)cc1. The first kappa shape index (κ1) is 12.4. The highest BCUT2D eigenvalue weighted by molar-refractivity contribution is 5.96. The second kappa shape index (κ2) is 5.17. The molecule has 0 saturated heterocycles. The predicted molar refractivity (Wildman–Crippen MR) is 77.1 cm³/mol. The van der Waals surface area contributed by atoms with Crippen LogP contribution in [0.1, 0.15) is 10.4 Å². The average molecular weight is 266 g/mol. The maximum atomic E-state index is 12.3. The van der Waals surface area contributed by atoms with Crippen LogP contribution in [0.15, 0.2) is 54.7 Å². The van der Waals surface area contributed by atoms with Crippen LogP contribution in [0.3, 0.4) is 0 Å². The molecule has 0 aliphatic carbocycles. The number of hydrogen-bond donors (Lipinski definition) is 0. The summed E-state index contributed by atoms with van der Waals surface area (Å²) in [7, 11) is 1.60. The molecule has 0 unspecified atom stereocenters. The van der Waals surface area contributed by atoms with Crippen molar-refractivity contribution in [2.45, 2.75) is 6.54 Å². The molecule has 1 heterocycles. The molecule has 4 heteroatoms. The van der Waals surface area contributed by atoms with Crippen LogP contribution in [0.2, 0.25) is 0 Å². The number of carbonyl (C=O) groups excluding carboxylic acids is 1. The third-order valence-corrected chi connectivity index (χ3v) is 3.26. The zero-order valence-electron chi connectivity index (χ0n) is 11.1. The quantitative estimate of drug-likeness (QED) is 0.682. The highest BCUT2D eigenvalue weighted by atomic mass is 16.5. The lowest BCUT2D eigenvalue weighted by molar-refractivity contribution is 0.0969. The molecule has 0 aliphatic heterocycles. The van der Waals surface area contributed by atoms with Gasteiger partial charge in [0.2, 0.25) is 0 Å². The van der Waals surface area contributed by atoms with Crippen molar-refractivity contribution in [3.05, 3.63) is 60.3 Å². The van der Waals surface area contributed by atoms with Crippen molar-refractivity contribution in [3.63, 3.8) is 0 Å². The standard InChI is InChI=1S/C16H14N2O2/c1-20-14-8-6-12(7-9-14)16(19)11-18-15-5-3-2-4-13(15)10-17-18/h2-10H,11H2,1H3. The molecular formula is C16H14N2O2. The molecule has 0 radical (unpaired) electrons. The Kier molecular flexibility index (Phi) is 3.21. The van der Waals surface area contributed by atoms with E-state index in [1.54, 1.807) is 42.3 Å². The van der Waals surface area contributed by atoms with Gasteiger partial charge >= 0.3 is 0 Å². The zero-order chi connectivity index (χ0) is 13.9. The van der Waals surface area contributed by atoms with Gasteiger partial charge < -0.3 is 4.74 Å². The van der Waals surface area contributed by atoms with Gasteiger partial charge in [-0.15, -0.1) is 0 Å². The van der Waals surface area contributed by atoms with Crippen LogP contribution < -0.4 is 4.74 Å². The van der Waals surface area contributed by atoms with E-state index in [4.69, 9.17) is 4.74 Å². The van der Waals surface area contributed by atoms with Gasteiger partial charge in [0.25, 0.3) is 0 Å². The Labute approximate surface area is 116 Å². The number of hydrogen-bond acceptors (Lipinski definition) is 3. The number of fused-ring (bicyclic) bond motifs is 1. The van der Waals surface area contributed by atoms with Gasteiger partial charge in [0.1, 0.15) is 12.3 Å². The number of aromatic nitrogens is 2. The van der Waals surface area contributed by atoms with Gasteiger partial charge in [-0.3, -0.25) is 9.48 Å². The maximum absolute atomic E-state index is 12.3. The average Bonchev–Trinajstić information content (AvgIpc) is 2.91. The van der Waals surface area contributed by atoms with Gasteiger partial charge in [0, 0.05) is 10.9 Å². The van der Waals surface area contributed by atoms with Crippen molar-refractivity contribution in [1.82, 2.24) is 9.78 Å². The molecule has 0 bridgehead atoms. The molecule has 2 aromatic carbocycles. The second-order valence-corrected chi connectivity index (χ2v) is 4.51. The van der Waals surface area contributed by atoms with Gasteiger partial charge in [-0.1, -0.05) is 18.2 Å². The van der Waals surface area contributed by atoms with Crippen LogP contribution in [0, 0.1) is 0 Å². The van der Waals surface area contributed by atoms with Gasteiger partial charge in [0.05, 0.1) is 18.8 Å². The van der Waals surface area contributed by atoms with E-state index in [1.807, 2.05) is 24.3 Å². The number of carbonyl (C=O) groups is 1. The molecular weight excluding hydrogens is 252 g/mol. The number of rotatable bonds is 4. The summed E-state index contributed by atoms with van der Waals surface area (Å²) in [6.45, 7) is 0.236. The Morgan fingerprint density at radius 3 is 2.65 bits per heavy atom. The summed E-state index contributed by atoms with van der Waals surface area (Å²) in [5.41, 5.74) is 1.62. The fraction of sp³-hybridized carbons (Fsp3) is 0.125. The largest absolute Gasteiger partial charge is 0.497 e. The summed E-state index contributed by atoms with van der Waals surface area (Å²) in [6, 6.07) is 15.0. The van der Waals surface area contributed by atoms with Gasteiger partial charge in [-0.2, -0.15) is 5.10 Å². The smallest absolute Gasteiger partial charge is 0.184 e. The molecule has 20 heavy (non-hydrogen) atoms. The van der Waals surface area contributed by atoms with Gasteiger partial charge in [-0.05, 0) is 30.3 Å². The van der Waals surface area contributed by atoms with E-state index >= 15 is 0 Å². The third-order valence-electron chi connectivity index (χ3n) is 3.26. The normalized spacial score (nSPS) is 10.7. The molecule has 0 aliphatic rings. The van der Waals surface area contributed by atoms with Crippen LogP contribution in [-0.4, -0.2) is 22.7 Å². The van der Waals surface area contributed by atoms with Crippen molar-refractivity contribution in [2.24, 2.45) is 0 Å². The number of ether oxygens (including phenoxy) is 1. The molecule has 0 fully saturated rings. The van der Waals surface area contributed by atoms with E-state index in [0.29, 0.717) is 5.56 Å². The summed E-state index contributed by atoms with van der Waals surface area (Å²) >= 11 is 0. The lowest BCUT2D eigenvalue weighted by Gasteiger charge is -2.04. The minimum absolute atomic E-state index is 0.0292. The van der Waals surface area contributed by atoms with E-state index in [0.717, 1.165) is 16.7 Å². The summed E-state index contributed by atoms with van der Waals surface area (Å²) in [5.74, 6) is 0.771. The fourth-order valence-corrected chi connectivity index (χ4v) is 2.16. The molecule has 4 nitrogen and oxygen atoms in total. The Bertz CT molecular complexity index is 745. The van der Waals surface area contributed by atoms with Crippen molar-refractivity contribution in [1.29, 1.82) is 0 Å². The third kappa shape index (κ3) is 2.28. The topological polar surface area (TPSA) is 44.1 Å². The van der Waals surface area contributed by atoms with E-state index in [9.17, 15) is 4.79 Å².